The monoisotopic (exact) mass is 520 g/mol. The van der Waals surface area contributed by atoms with E-state index in [0.29, 0.717) is 36.6 Å². The van der Waals surface area contributed by atoms with Crippen LogP contribution in [0.4, 0.5) is 0 Å². The van der Waals surface area contributed by atoms with Crippen LogP contribution < -0.4 is 14.2 Å². The Morgan fingerprint density at radius 3 is 1.97 bits per heavy atom. The van der Waals surface area contributed by atoms with Gasteiger partial charge in [0.2, 0.25) is 6.79 Å². The van der Waals surface area contributed by atoms with Crippen LogP contribution in [0.2, 0.25) is 0 Å². The van der Waals surface area contributed by atoms with Crippen molar-refractivity contribution >= 4 is 5.97 Å². The molecule has 7 nitrogen and oxygen atoms in total. The second-order valence-electron chi connectivity index (χ2n) is 10.6. The highest BCUT2D eigenvalue weighted by Crippen LogP contribution is 2.41. The van der Waals surface area contributed by atoms with Gasteiger partial charge in [-0.2, -0.15) is 0 Å². The maximum Gasteiger partial charge on any atom is 0.305 e. The molecule has 1 aromatic carbocycles. The second-order valence-corrected chi connectivity index (χ2v) is 10.6. The highest BCUT2D eigenvalue weighted by molar-refractivity contribution is 5.65. The largest absolute Gasteiger partial charge is 0.491 e. The molecule has 2 fully saturated rings. The Morgan fingerprint density at radius 1 is 0.784 bits per heavy atom. The van der Waals surface area contributed by atoms with Crippen LogP contribution in [-0.4, -0.2) is 46.0 Å². The highest BCUT2D eigenvalue weighted by Gasteiger charge is 2.31. The summed E-state index contributed by atoms with van der Waals surface area (Å²) in [5, 5.41) is 0. The van der Waals surface area contributed by atoms with Crippen LogP contribution in [0, 0.1) is 17.8 Å². The van der Waals surface area contributed by atoms with Gasteiger partial charge in [0.05, 0.1) is 12.7 Å². The van der Waals surface area contributed by atoms with Crippen LogP contribution in [0.3, 0.4) is 0 Å². The average molecular weight is 521 g/mol. The molecule has 210 valence electrons. The summed E-state index contributed by atoms with van der Waals surface area (Å²) in [6.45, 7) is 4.56. The Hall–Kier alpha value is -1.99. The van der Waals surface area contributed by atoms with Gasteiger partial charge >= 0.3 is 5.97 Å². The number of ether oxygens (including phenoxy) is 6. The van der Waals surface area contributed by atoms with Crippen molar-refractivity contribution in [1.82, 2.24) is 0 Å². The Kier molecular flexibility index (Phi) is 13.4. The lowest BCUT2D eigenvalue weighted by atomic mass is 9.70. The third-order valence-corrected chi connectivity index (χ3v) is 7.88. The van der Waals surface area contributed by atoms with E-state index in [9.17, 15) is 4.79 Å². The fourth-order valence-corrected chi connectivity index (χ4v) is 5.84. The van der Waals surface area contributed by atoms with E-state index in [0.717, 1.165) is 30.6 Å². The maximum absolute atomic E-state index is 11.0. The number of unbranched alkanes of at least 4 members (excludes halogenated alkanes) is 2. The van der Waals surface area contributed by atoms with Crippen LogP contribution in [0.5, 0.6) is 17.2 Å². The van der Waals surface area contributed by atoms with Gasteiger partial charge < -0.3 is 28.4 Å². The lowest BCUT2D eigenvalue weighted by Gasteiger charge is -2.37. The molecule has 0 bridgehead atoms. The molecule has 1 aromatic rings. The van der Waals surface area contributed by atoms with Crippen LogP contribution >= 0.6 is 0 Å². The van der Waals surface area contributed by atoms with Crippen molar-refractivity contribution in [3.05, 3.63) is 18.2 Å². The van der Waals surface area contributed by atoms with E-state index >= 15 is 0 Å². The summed E-state index contributed by atoms with van der Waals surface area (Å²) in [4.78, 5) is 11.0. The smallest absolute Gasteiger partial charge is 0.305 e. The standard InChI is InChI=1S/C30H48O7/c1-4-5-6-7-24-8-10-25(11-9-24)26-12-14-27(15-13-26)33-16-17-34-28-18-29(36-21-32-3)20-30(19-28)37-22-35-23(2)31/h18-20,24-27H,4-17,21-22H2,1-3H3. The molecule has 3 rings (SSSR count). The zero-order chi connectivity index (χ0) is 26.3. The van der Waals surface area contributed by atoms with E-state index in [1.165, 1.54) is 71.1 Å². The van der Waals surface area contributed by atoms with Crippen molar-refractivity contribution in [3.63, 3.8) is 0 Å². The molecule has 0 spiro atoms. The minimum Gasteiger partial charge on any atom is -0.491 e. The predicted molar refractivity (Wildman–Crippen MR) is 143 cm³/mol. The lowest BCUT2D eigenvalue weighted by molar-refractivity contribution is -0.147. The number of carbonyl (C=O) groups excluding carboxylic acids is 1. The molecule has 0 aromatic heterocycles. The number of rotatable bonds is 16. The second kappa shape index (κ2) is 16.8. The average Bonchev–Trinajstić information content (AvgIpc) is 2.91. The molecule has 0 aliphatic heterocycles. The maximum atomic E-state index is 11.0. The highest BCUT2D eigenvalue weighted by atomic mass is 16.7. The Morgan fingerprint density at radius 2 is 1.38 bits per heavy atom. The van der Waals surface area contributed by atoms with Crippen LogP contribution in [-0.2, 0) is 19.0 Å². The number of methoxy groups -OCH3 is 1. The molecule has 0 radical (unpaired) electrons. The van der Waals surface area contributed by atoms with E-state index in [4.69, 9.17) is 28.4 Å². The minimum absolute atomic E-state index is 0.110. The van der Waals surface area contributed by atoms with E-state index in [1.54, 1.807) is 25.3 Å². The first kappa shape index (κ1) is 29.6. The van der Waals surface area contributed by atoms with E-state index in [2.05, 4.69) is 6.92 Å². The number of carbonyl (C=O) groups is 1. The van der Waals surface area contributed by atoms with Gasteiger partial charge in [0, 0.05) is 32.2 Å². The first-order chi connectivity index (χ1) is 18.1. The van der Waals surface area contributed by atoms with Crippen molar-refractivity contribution in [2.45, 2.75) is 97.0 Å². The summed E-state index contributed by atoms with van der Waals surface area (Å²) in [6, 6.07) is 5.22. The molecule has 0 heterocycles. The molecular formula is C30H48O7. The van der Waals surface area contributed by atoms with Crippen LogP contribution in [0.1, 0.15) is 90.9 Å². The molecule has 2 saturated carbocycles. The predicted octanol–water partition coefficient (Wildman–Crippen LogP) is 6.91. The number of hydrogen-bond donors (Lipinski definition) is 0. The summed E-state index contributed by atoms with van der Waals surface area (Å²) in [7, 11) is 1.56. The van der Waals surface area contributed by atoms with Gasteiger partial charge in [-0.3, -0.25) is 4.79 Å². The molecule has 2 aliphatic carbocycles. The summed E-state index contributed by atoms with van der Waals surface area (Å²) < 4.78 is 32.9. The Balaban J connectivity index is 1.34. The number of esters is 1. The van der Waals surface area contributed by atoms with Gasteiger partial charge in [0.15, 0.2) is 6.79 Å². The van der Waals surface area contributed by atoms with Crippen molar-refractivity contribution in [1.29, 1.82) is 0 Å². The quantitative estimate of drug-likeness (QED) is 0.133. The van der Waals surface area contributed by atoms with Gasteiger partial charge in [0.1, 0.15) is 23.9 Å². The van der Waals surface area contributed by atoms with Crippen LogP contribution in [0.25, 0.3) is 0 Å². The van der Waals surface area contributed by atoms with Crippen LogP contribution in [0.15, 0.2) is 18.2 Å². The fourth-order valence-electron chi connectivity index (χ4n) is 5.84. The molecule has 2 aliphatic rings. The first-order valence-corrected chi connectivity index (χ1v) is 14.3. The fraction of sp³-hybridized carbons (Fsp3) is 0.767. The molecule has 37 heavy (non-hydrogen) atoms. The molecule has 0 atom stereocenters. The number of hydrogen-bond acceptors (Lipinski definition) is 7. The van der Waals surface area contributed by atoms with Gasteiger partial charge in [-0.05, 0) is 56.3 Å². The molecule has 0 saturated heterocycles. The van der Waals surface area contributed by atoms with Gasteiger partial charge in [-0.25, -0.2) is 0 Å². The molecule has 7 heteroatoms. The van der Waals surface area contributed by atoms with Crippen molar-refractivity contribution in [3.8, 4) is 17.2 Å². The summed E-state index contributed by atoms with van der Waals surface area (Å²) >= 11 is 0. The molecule has 0 unspecified atom stereocenters. The number of benzene rings is 1. The van der Waals surface area contributed by atoms with E-state index in [1.807, 2.05) is 0 Å². The van der Waals surface area contributed by atoms with Crippen molar-refractivity contribution < 1.29 is 33.2 Å². The van der Waals surface area contributed by atoms with E-state index in [-0.39, 0.29) is 13.6 Å². The van der Waals surface area contributed by atoms with Gasteiger partial charge in [-0.15, -0.1) is 0 Å². The Labute approximate surface area is 223 Å². The molecule has 0 N–H and O–H groups in total. The third kappa shape index (κ3) is 11.1. The van der Waals surface area contributed by atoms with Gasteiger partial charge in [0.25, 0.3) is 0 Å². The summed E-state index contributed by atoms with van der Waals surface area (Å²) in [5.41, 5.74) is 0. The van der Waals surface area contributed by atoms with Crippen molar-refractivity contribution in [2.24, 2.45) is 17.8 Å². The molecular weight excluding hydrogens is 472 g/mol. The van der Waals surface area contributed by atoms with E-state index < -0.39 is 5.97 Å². The molecule has 0 amide bonds. The lowest BCUT2D eigenvalue weighted by Crippen LogP contribution is -2.29. The Bertz CT molecular complexity index is 767. The minimum atomic E-state index is -0.403. The van der Waals surface area contributed by atoms with Gasteiger partial charge in [-0.1, -0.05) is 45.4 Å². The normalized spacial score (nSPS) is 23.9. The zero-order valence-electron chi connectivity index (χ0n) is 23.2. The topological polar surface area (TPSA) is 72.5 Å². The first-order valence-electron chi connectivity index (χ1n) is 14.3. The zero-order valence-corrected chi connectivity index (χ0v) is 23.2. The summed E-state index contributed by atoms with van der Waals surface area (Å²) in [5.74, 6) is 4.06. The summed E-state index contributed by atoms with van der Waals surface area (Å²) in [6.07, 6.45) is 16.7. The SMILES string of the molecule is CCCCCC1CCC(C2CCC(OCCOc3cc(OCOC)cc(OCOC(C)=O)c3)CC2)CC1. The van der Waals surface area contributed by atoms with Crippen molar-refractivity contribution in [2.75, 3.05) is 33.9 Å². The third-order valence-electron chi connectivity index (χ3n) is 7.88.